The molecule has 1 aromatic carbocycles. The minimum absolute atomic E-state index is 0.0659. The molecule has 4 rings (SSSR count). The van der Waals surface area contributed by atoms with Crippen LogP contribution in [0.1, 0.15) is 55.5 Å². The fraction of sp³-hybridized carbons (Fsp3) is 0.579. The van der Waals surface area contributed by atoms with Crippen LogP contribution in [0, 0.1) is 0 Å². The van der Waals surface area contributed by atoms with E-state index in [1.54, 1.807) is 10.9 Å². The summed E-state index contributed by atoms with van der Waals surface area (Å²) in [5, 5.41) is 32.9. The SMILES string of the molecule is C[C@H]1CC(O)(c2ccc(C(F)(F)F)cc2)C[C@@H](c2cn(CC3(O)CC3)nn2)N1. The highest BCUT2D eigenvalue weighted by molar-refractivity contribution is 5.30. The lowest BCUT2D eigenvalue weighted by Gasteiger charge is -2.40. The molecule has 1 aliphatic carbocycles. The number of rotatable bonds is 4. The van der Waals surface area contributed by atoms with Crippen molar-refractivity contribution >= 4 is 0 Å². The predicted molar refractivity (Wildman–Crippen MR) is 94.1 cm³/mol. The first-order chi connectivity index (χ1) is 13.1. The van der Waals surface area contributed by atoms with Crippen molar-refractivity contribution in [2.75, 3.05) is 0 Å². The Kier molecular flexibility index (Phi) is 4.52. The van der Waals surface area contributed by atoms with E-state index in [-0.39, 0.29) is 18.5 Å². The zero-order valence-corrected chi connectivity index (χ0v) is 15.4. The quantitative estimate of drug-likeness (QED) is 0.740. The molecule has 1 saturated carbocycles. The Morgan fingerprint density at radius 2 is 1.86 bits per heavy atom. The molecule has 2 aromatic rings. The molecule has 28 heavy (non-hydrogen) atoms. The Labute approximate surface area is 160 Å². The first kappa shape index (κ1) is 19.4. The van der Waals surface area contributed by atoms with Gasteiger partial charge >= 0.3 is 6.18 Å². The zero-order chi connectivity index (χ0) is 20.2. The number of nitrogens with zero attached hydrogens (tertiary/aromatic N) is 3. The third kappa shape index (κ3) is 3.92. The van der Waals surface area contributed by atoms with Crippen LogP contribution in [0.2, 0.25) is 0 Å². The van der Waals surface area contributed by atoms with Gasteiger partial charge in [-0.2, -0.15) is 13.2 Å². The highest BCUT2D eigenvalue weighted by atomic mass is 19.4. The Morgan fingerprint density at radius 1 is 1.18 bits per heavy atom. The fourth-order valence-corrected chi connectivity index (χ4v) is 3.94. The standard InChI is InChI=1S/C19H23F3N4O2/c1-12-8-18(28,13-2-4-14(5-3-13)19(20,21)22)9-15(23-12)16-10-26(25-24-16)11-17(27)6-7-17/h2-5,10,12,15,23,27-28H,6-9,11H2,1H3/t12-,15-,18?/m0/s1. The van der Waals surface area contributed by atoms with Crippen molar-refractivity contribution in [3.05, 3.63) is 47.3 Å². The maximum atomic E-state index is 12.8. The van der Waals surface area contributed by atoms with Crippen LogP contribution in [0.25, 0.3) is 0 Å². The van der Waals surface area contributed by atoms with Crippen LogP contribution in [0.5, 0.6) is 0 Å². The van der Waals surface area contributed by atoms with Crippen molar-refractivity contribution in [1.82, 2.24) is 20.3 Å². The van der Waals surface area contributed by atoms with Crippen LogP contribution in [0.4, 0.5) is 13.2 Å². The molecule has 0 amide bonds. The van der Waals surface area contributed by atoms with Gasteiger partial charge in [0, 0.05) is 12.5 Å². The van der Waals surface area contributed by atoms with Gasteiger partial charge in [0.1, 0.15) is 0 Å². The molecule has 3 atom stereocenters. The molecule has 9 heteroatoms. The summed E-state index contributed by atoms with van der Waals surface area (Å²) in [7, 11) is 0. The van der Waals surface area contributed by atoms with Gasteiger partial charge in [0.2, 0.25) is 0 Å². The number of hydrogen-bond donors (Lipinski definition) is 3. The van der Waals surface area contributed by atoms with Gasteiger partial charge in [-0.05, 0) is 43.9 Å². The topological polar surface area (TPSA) is 83.2 Å². The minimum atomic E-state index is -4.41. The zero-order valence-electron chi connectivity index (χ0n) is 15.4. The molecule has 2 aliphatic rings. The van der Waals surface area contributed by atoms with Crippen LogP contribution in [0.15, 0.2) is 30.5 Å². The van der Waals surface area contributed by atoms with E-state index in [2.05, 4.69) is 15.6 Å². The molecule has 1 aromatic heterocycles. The van der Waals surface area contributed by atoms with Crippen molar-refractivity contribution in [3.63, 3.8) is 0 Å². The molecule has 0 bridgehead atoms. The average Bonchev–Trinajstić information content (AvgIpc) is 3.14. The number of nitrogens with one attached hydrogen (secondary N) is 1. The molecule has 1 aliphatic heterocycles. The number of halogens is 3. The number of benzene rings is 1. The van der Waals surface area contributed by atoms with Crippen molar-refractivity contribution in [1.29, 1.82) is 0 Å². The lowest BCUT2D eigenvalue weighted by molar-refractivity contribution is -0.137. The summed E-state index contributed by atoms with van der Waals surface area (Å²) in [6, 6.07) is 4.33. The minimum Gasteiger partial charge on any atom is -0.388 e. The van der Waals surface area contributed by atoms with E-state index < -0.39 is 22.9 Å². The Hall–Kier alpha value is -1.97. The van der Waals surface area contributed by atoms with E-state index >= 15 is 0 Å². The first-order valence-electron chi connectivity index (χ1n) is 9.35. The van der Waals surface area contributed by atoms with Gasteiger partial charge in [0.05, 0.1) is 41.2 Å². The number of hydrogen-bond acceptors (Lipinski definition) is 5. The highest BCUT2D eigenvalue weighted by Crippen LogP contribution is 2.41. The van der Waals surface area contributed by atoms with Crippen molar-refractivity contribution in [3.8, 4) is 0 Å². The summed E-state index contributed by atoms with van der Waals surface area (Å²) in [5.74, 6) is 0. The molecule has 0 radical (unpaired) electrons. The monoisotopic (exact) mass is 396 g/mol. The van der Waals surface area contributed by atoms with Gasteiger partial charge in [-0.3, -0.25) is 0 Å². The summed E-state index contributed by atoms with van der Waals surface area (Å²) in [4.78, 5) is 0. The third-order valence-corrected chi connectivity index (χ3v) is 5.62. The second-order valence-corrected chi connectivity index (χ2v) is 8.20. The molecular formula is C19H23F3N4O2. The van der Waals surface area contributed by atoms with E-state index in [0.29, 0.717) is 24.2 Å². The molecular weight excluding hydrogens is 373 g/mol. The largest absolute Gasteiger partial charge is 0.416 e. The molecule has 0 spiro atoms. The Bertz CT molecular complexity index is 848. The van der Waals surface area contributed by atoms with E-state index in [1.807, 2.05) is 6.92 Å². The normalized spacial score (nSPS) is 29.6. The number of aromatic nitrogens is 3. The smallest absolute Gasteiger partial charge is 0.388 e. The second-order valence-electron chi connectivity index (χ2n) is 8.20. The van der Waals surface area contributed by atoms with Crippen LogP contribution in [0.3, 0.4) is 0 Å². The average molecular weight is 396 g/mol. The first-order valence-corrected chi connectivity index (χ1v) is 9.35. The highest BCUT2D eigenvalue weighted by Gasteiger charge is 2.43. The molecule has 6 nitrogen and oxygen atoms in total. The molecule has 2 fully saturated rings. The van der Waals surface area contributed by atoms with Crippen LogP contribution < -0.4 is 5.32 Å². The van der Waals surface area contributed by atoms with Gasteiger partial charge in [-0.1, -0.05) is 17.3 Å². The second kappa shape index (κ2) is 6.53. The summed E-state index contributed by atoms with van der Waals surface area (Å²) in [5.41, 5.74) is -1.60. The Balaban J connectivity index is 1.54. The number of alkyl halides is 3. The van der Waals surface area contributed by atoms with Crippen LogP contribution in [-0.2, 0) is 18.3 Å². The van der Waals surface area contributed by atoms with E-state index in [1.165, 1.54) is 12.1 Å². The van der Waals surface area contributed by atoms with Gasteiger partial charge in [0.15, 0.2) is 0 Å². The maximum absolute atomic E-state index is 12.8. The van der Waals surface area contributed by atoms with Gasteiger partial charge in [-0.15, -0.1) is 5.10 Å². The lowest BCUT2D eigenvalue weighted by atomic mass is 9.78. The predicted octanol–water partition coefficient (Wildman–Crippen LogP) is 2.52. The van der Waals surface area contributed by atoms with Crippen molar-refractivity contribution in [2.24, 2.45) is 0 Å². The molecule has 152 valence electrons. The van der Waals surface area contributed by atoms with Gasteiger partial charge < -0.3 is 15.5 Å². The molecule has 3 N–H and O–H groups in total. The van der Waals surface area contributed by atoms with Crippen LogP contribution in [-0.4, -0.2) is 36.8 Å². The number of aliphatic hydroxyl groups is 2. The van der Waals surface area contributed by atoms with Gasteiger partial charge in [0.25, 0.3) is 0 Å². The maximum Gasteiger partial charge on any atom is 0.416 e. The van der Waals surface area contributed by atoms with E-state index in [4.69, 9.17) is 0 Å². The summed E-state index contributed by atoms with van der Waals surface area (Å²) in [6.45, 7) is 2.30. The van der Waals surface area contributed by atoms with Crippen molar-refractivity contribution in [2.45, 2.75) is 68.6 Å². The third-order valence-electron chi connectivity index (χ3n) is 5.62. The summed E-state index contributed by atoms with van der Waals surface area (Å²) in [6.07, 6.45) is -0.522. The number of piperidine rings is 1. The van der Waals surface area contributed by atoms with Crippen molar-refractivity contribution < 1.29 is 23.4 Å². The van der Waals surface area contributed by atoms with Gasteiger partial charge in [-0.25, -0.2) is 4.68 Å². The Morgan fingerprint density at radius 3 is 2.46 bits per heavy atom. The summed E-state index contributed by atoms with van der Waals surface area (Å²) >= 11 is 0. The summed E-state index contributed by atoms with van der Waals surface area (Å²) < 4.78 is 40.1. The lowest BCUT2D eigenvalue weighted by Crippen LogP contribution is -2.47. The fourth-order valence-electron chi connectivity index (χ4n) is 3.94. The molecule has 1 unspecified atom stereocenters. The van der Waals surface area contributed by atoms with E-state index in [9.17, 15) is 23.4 Å². The molecule has 2 heterocycles. The molecule has 1 saturated heterocycles. The van der Waals surface area contributed by atoms with Crippen LogP contribution >= 0.6 is 0 Å². The van der Waals surface area contributed by atoms with E-state index in [0.717, 1.165) is 25.0 Å².